The molecule has 1 aliphatic rings. The number of amides is 1. The summed E-state index contributed by atoms with van der Waals surface area (Å²) < 4.78 is 27.8. The first-order chi connectivity index (χ1) is 15.8. The van der Waals surface area contributed by atoms with E-state index in [0.717, 1.165) is 6.42 Å². The highest BCUT2D eigenvalue weighted by Gasteiger charge is 2.31. The van der Waals surface area contributed by atoms with Crippen LogP contribution >= 0.6 is 0 Å². The molecule has 1 aromatic heterocycles. The van der Waals surface area contributed by atoms with Gasteiger partial charge >= 0.3 is 0 Å². The van der Waals surface area contributed by atoms with Crippen LogP contribution in [0, 0.1) is 17.6 Å². The molecule has 0 unspecified atom stereocenters. The number of anilines is 3. The summed E-state index contributed by atoms with van der Waals surface area (Å²) in [5, 5.41) is 2.84. The molecule has 7 nitrogen and oxygen atoms in total. The maximum atomic E-state index is 14.0. The van der Waals surface area contributed by atoms with E-state index < -0.39 is 5.82 Å². The second kappa shape index (κ2) is 9.40. The summed E-state index contributed by atoms with van der Waals surface area (Å²) in [7, 11) is 0. The molecule has 33 heavy (non-hydrogen) atoms. The van der Waals surface area contributed by atoms with E-state index >= 15 is 0 Å². The number of benzene rings is 2. The Balaban J connectivity index is 1.52. The molecular weight excluding hydrogens is 426 g/mol. The van der Waals surface area contributed by atoms with E-state index in [0.29, 0.717) is 35.6 Å². The molecule has 0 aliphatic carbocycles. The monoisotopic (exact) mass is 452 g/mol. The summed E-state index contributed by atoms with van der Waals surface area (Å²) in [6, 6.07) is 12.7. The van der Waals surface area contributed by atoms with Crippen molar-refractivity contribution in [1.82, 2.24) is 15.3 Å². The first-order valence-electron chi connectivity index (χ1n) is 10.8. The van der Waals surface area contributed by atoms with Crippen LogP contribution in [-0.2, 0) is 11.3 Å². The molecule has 0 bridgehead atoms. The van der Waals surface area contributed by atoms with Crippen molar-refractivity contribution < 1.29 is 13.6 Å². The molecule has 2 heterocycles. The van der Waals surface area contributed by atoms with Gasteiger partial charge in [-0.3, -0.25) is 4.79 Å². The zero-order valence-corrected chi connectivity index (χ0v) is 18.3. The van der Waals surface area contributed by atoms with Crippen molar-refractivity contribution in [2.24, 2.45) is 5.92 Å². The summed E-state index contributed by atoms with van der Waals surface area (Å²) in [6.07, 6.45) is 1.48. The van der Waals surface area contributed by atoms with E-state index in [2.05, 4.69) is 15.3 Å². The van der Waals surface area contributed by atoms with E-state index in [1.54, 1.807) is 30.3 Å². The van der Waals surface area contributed by atoms with Gasteiger partial charge in [0.2, 0.25) is 11.9 Å². The largest absolute Gasteiger partial charge is 0.396 e. The van der Waals surface area contributed by atoms with Crippen molar-refractivity contribution in [1.29, 1.82) is 0 Å². The topological polar surface area (TPSA) is 110 Å². The summed E-state index contributed by atoms with van der Waals surface area (Å²) in [4.78, 5) is 23.4. The van der Waals surface area contributed by atoms with Crippen molar-refractivity contribution in [3.63, 3.8) is 0 Å². The van der Waals surface area contributed by atoms with E-state index in [1.807, 2.05) is 11.8 Å². The van der Waals surface area contributed by atoms with Crippen LogP contribution in [0.3, 0.4) is 0 Å². The molecule has 1 fully saturated rings. The number of rotatable bonds is 5. The predicted octanol–water partition coefficient (Wildman–Crippen LogP) is 3.51. The van der Waals surface area contributed by atoms with Crippen molar-refractivity contribution >= 4 is 23.4 Å². The minimum Gasteiger partial charge on any atom is -0.396 e. The lowest BCUT2D eigenvalue weighted by atomic mass is 9.92. The number of nitrogens with zero attached hydrogens (tertiary/aromatic N) is 3. The summed E-state index contributed by atoms with van der Waals surface area (Å²) in [5.41, 5.74) is 13.0. The average Bonchev–Trinajstić information content (AvgIpc) is 2.80. The third-order valence-corrected chi connectivity index (χ3v) is 5.98. The second-order valence-corrected chi connectivity index (χ2v) is 8.29. The van der Waals surface area contributed by atoms with Gasteiger partial charge in [0, 0.05) is 36.3 Å². The van der Waals surface area contributed by atoms with Gasteiger partial charge in [0.05, 0.1) is 17.3 Å². The Kier molecular flexibility index (Phi) is 6.39. The Morgan fingerprint density at radius 3 is 2.64 bits per heavy atom. The molecule has 1 amide bonds. The highest BCUT2D eigenvalue weighted by molar-refractivity contribution is 5.79. The molecule has 3 aromatic rings. The molecule has 4 rings (SSSR count). The van der Waals surface area contributed by atoms with Crippen LogP contribution in [0.5, 0.6) is 0 Å². The number of hydrogen-bond donors (Lipinski definition) is 3. The van der Waals surface area contributed by atoms with E-state index in [4.69, 9.17) is 11.5 Å². The minimum absolute atomic E-state index is 0.0508. The smallest absolute Gasteiger partial charge is 0.225 e. The second-order valence-electron chi connectivity index (χ2n) is 8.29. The van der Waals surface area contributed by atoms with Gasteiger partial charge in [0.15, 0.2) is 0 Å². The Labute approximate surface area is 190 Å². The summed E-state index contributed by atoms with van der Waals surface area (Å²) in [5.74, 6) is -0.699. The zero-order valence-electron chi connectivity index (χ0n) is 18.3. The van der Waals surface area contributed by atoms with Crippen molar-refractivity contribution in [3.8, 4) is 11.3 Å². The highest BCUT2D eigenvalue weighted by atomic mass is 19.1. The zero-order chi connectivity index (χ0) is 23.5. The lowest BCUT2D eigenvalue weighted by Crippen LogP contribution is -2.47. The SMILES string of the molecule is C[C@@H]1CC[C@H](C(=O)NCc2ccccc2F)CN1c1cc(-c2ccc(N)c(F)c2)nc(N)n1. The van der Waals surface area contributed by atoms with Gasteiger partial charge in [0.1, 0.15) is 17.5 Å². The number of piperidine rings is 1. The average molecular weight is 453 g/mol. The third kappa shape index (κ3) is 5.02. The summed E-state index contributed by atoms with van der Waals surface area (Å²) >= 11 is 0. The van der Waals surface area contributed by atoms with Gasteiger partial charge in [-0.05, 0) is 38.0 Å². The van der Waals surface area contributed by atoms with Gasteiger partial charge in [-0.2, -0.15) is 4.98 Å². The van der Waals surface area contributed by atoms with Gasteiger partial charge < -0.3 is 21.7 Å². The quantitative estimate of drug-likeness (QED) is 0.511. The van der Waals surface area contributed by atoms with Gasteiger partial charge in [0.25, 0.3) is 0 Å². The van der Waals surface area contributed by atoms with Gasteiger partial charge in [-0.1, -0.05) is 24.3 Å². The number of carbonyl (C=O) groups is 1. The van der Waals surface area contributed by atoms with Crippen LogP contribution < -0.4 is 21.7 Å². The third-order valence-electron chi connectivity index (χ3n) is 5.98. The van der Waals surface area contributed by atoms with Crippen molar-refractivity contribution in [3.05, 3.63) is 65.7 Å². The molecule has 0 saturated carbocycles. The van der Waals surface area contributed by atoms with Gasteiger partial charge in [-0.15, -0.1) is 0 Å². The Morgan fingerprint density at radius 2 is 1.88 bits per heavy atom. The predicted molar refractivity (Wildman–Crippen MR) is 124 cm³/mol. The lowest BCUT2D eigenvalue weighted by molar-refractivity contribution is -0.125. The minimum atomic E-state index is -0.538. The maximum Gasteiger partial charge on any atom is 0.225 e. The maximum absolute atomic E-state index is 14.0. The van der Waals surface area contributed by atoms with Crippen LogP contribution in [0.4, 0.5) is 26.2 Å². The Morgan fingerprint density at radius 1 is 1.09 bits per heavy atom. The lowest BCUT2D eigenvalue weighted by Gasteiger charge is -2.38. The molecule has 2 aromatic carbocycles. The van der Waals surface area contributed by atoms with Crippen LogP contribution in [0.2, 0.25) is 0 Å². The number of nitrogens with two attached hydrogens (primary N) is 2. The number of hydrogen-bond acceptors (Lipinski definition) is 6. The fourth-order valence-corrected chi connectivity index (χ4v) is 4.04. The number of nitrogen functional groups attached to an aromatic ring is 2. The molecule has 2 atom stereocenters. The fourth-order valence-electron chi connectivity index (χ4n) is 4.04. The molecule has 1 saturated heterocycles. The highest BCUT2D eigenvalue weighted by Crippen LogP contribution is 2.30. The molecule has 9 heteroatoms. The molecule has 5 N–H and O–H groups in total. The first-order valence-corrected chi connectivity index (χ1v) is 10.8. The molecule has 0 radical (unpaired) electrons. The van der Waals surface area contributed by atoms with Crippen LogP contribution in [0.15, 0.2) is 48.5 Å². The van der Waals surface area contributed by atoms with Crippen LogP contribution in [0.25, 0.3) is 11.3 Å². The normalized spacial score (nSPS) is 18.2. The Hall–Kier alpha value is -3.75. The van der Waals surface area contributed by atoms with E-state index in [-0.39, 0.29) is 41.9 Å². The fraction of sp³-hybridized carbons (Fsp3) is 0.292. The molecule has 0 spiro atoms. The number of carbonyl (C=O) groups excluding carboxylic acids is 1. The van der Waals surface area contributed by atoms with E-state index in [9.17, 15) is 13.6 Å². The molecular formula is C24H26F2N6O. The molecule has 1 aliphatic heterocycles. The standard InChI is InChI=1S/C24H26F2N6O/c1-14-6-7-17(23(33)29-12-16-4-2-3-5-18(16)25)13-32(14)22-11-21(30-24(28)31-22)15-8-9-20(27)19(26)10-15/h2-5,8-11,14,17H,6-7,12-13,27H2,1H3,(H,29,33)(H2,28,30,31)/t14-,17+/m1/s1. The number of nitrogens with one attached hydrogen (secondary N) is 1. The Bertz CT molecular complexity index is 1170. The van der Waals surface area contributed by atoms with Crippen LogP contribution in [0.1, 0.15) is 25.3 Å². The van der Waals surface area contributed by atoms with Crippen molar-refractivity contribution in [2.75, 3.05) is 22.9 Å². The summed E-state index contributed by atoms with van der Waals surface area (Å²) in [6.45, 7) is 2.61. The van der Waals surface area contributed by atoms with Gasteiger partial charge in [-0.25, -0.2) is 13.8 Å². The van der Waals surface area contributed by atoms with E-state index in [1.165, 1.54) is 18.2 Å². The first kappa shape index (κ1) is 22.4. The van der Waals surface area contributed by atoms with Crippen LogP contribution in [-0.4, -0.2) is 28.5 Å². The van der Waals surface area contributed by atoms with Crippen molar-refractivity contribution in [2.45, 2.75) is 32.4 Å². The molecule has 172 valence electrons. The number of halogens is 2. The number of aromatic nitrogens is 2.